The maximum atomic E-state index is 12.5. The van der Waals surface area contributed by atoms with E-state index in [1.807, 2.05) is 56.3 Å². The van der Waals surface area contributed by atoms with Crippen molar-refractivity contribution in [2.24, 2.45) is 0 Å². The molecule has 3 rings (SSSR count). The molecule has 1 aliphatic heterocycles. The highest BCUT2D eigenvalue weighted by Gasteiger charge is 2.36. The van der Waals surface area contributed by atoms with E-state index in [1.165, 1.54) is 0 Å². The number of aryl methyl sites for hydroxylation is 2. The zero-order chi connectivity index (χ0) is 18.7. The number of para-hydroxylation sites is 1. The number of rotatable bonds is 4. The number of nitrogens with one attached hydrogen (secondary N) is 1. The number of amides is 3. The summed E-state index contributed by atoms with van der Waals surface area (Å²) in [6, 6.07) is 15.0. The van der Waals surface area contributed by atoms with Crippen molar-refractivity contribution in [3.8, 4) is 0 Å². The predicted molar refractivity (Wildman–Crippen MR) is 104 cm³/mol. The maximum absolute atomic E-state index is 12.5. The van der Waals surface area contributed by atoms with Crippen LogP contribution >= 0.6 is 11.8 Å². The highest BCUT2D eigenvalue weighted by molar-refractivity contribution is 8.18. The monoisotopic (exact) mass is 366 g/mol. The van der Waals surface area contributed by atoms with Crippen LogP contribution in [0.2, 0.25) is 0 Å². The maximum Gasteiger partial charge on any atom is 0.294 e. The number of anilines is 1. The summed E-state index contributed by atoms with van der Waals surface area (Å²) in [4.78, 5) is 38.1. The van der Waals surface area contributed by atoms with Gasteiger partial charge in [-0.1, -0.05) is 48.0 Å². The van der Waals surface area contributed by atoms with Crippen LogP contribution in [0, 0.1) is 13.8 Å². The molecule has 6 heteroatoms. The van der Waals surface area contributed by atoms with E-state index < -0.39 is 17.1 Å². The van der Waals surface area contributed by atoms with Crippen molar-refractivity contribution in [1.29, 1.82) is 0 Å². The first-order valence-electron chi connectivity index (χ1n) is 8.11. The summed E-state index contributed by atoms with van der Waals surface area (Å²) in [6.45, 7) is 3.55. The van der Waals surface area contributed by atoms with Crippen LogP contribution in [-0.2, 0) is 9.59 Å². The van der Waals surface area contributed by atoms with E-state index >= 15 is 0 Å². The summed E-state index contributed by atoms with van der Waals surface area (Å²) in [5.41, 5.74) is 3.53. The molecule has 5 nitrogen and oxygen atoms in total. The molecule has 0 bridgehead atoms. The largest absolute Gasteiger partial charge is 0.324 e. The average Bonchev–Trinajstić information content (AvgIpc) is 2.86. The molecule has 1 saturated heterocycles. The van der Waals surface area contributed by atoms with Gasteiger partial charge in [0.05, 0.1) is 4.91 Å². The Morgan fingerprint density at radius 1 is 1.08 bits per heavy atom. The first kappa shape index (κ1) is 17.9. The topological polar surface area (TPSA) is 66.5 Å². The quantitative estimate of drug-likeness (QED) is 0.831. The van der Waals surface area contributed by atoms with E-state index in [0.29, 0.717) is 10.6 Å². The molecule has 132 valence electrons. The van der Waals surface area contributed by atoms with Crippen molar-refractivity contribution < 1.29 is 14.4 Å². The van der Waals surface area contributed by atoms with Crippen LogP contribution in [0.15, 0.2) is 53.4 Å². The molecule has 0 spiro atoms. The van der Waals surface area contributed by atoms with Gasteiger partial charge in [0, 0.05) is 5.69 Å². The minimum absolute atomic E-state index is 0.301. The normalized spacial score (nSPS) is 15.6. The van der Waals surface area contributed by atoms with Crippen LogP contribution in [0.4, 0.5) is 10.5 Å². The Balaban J connectivity index is 1.70. The molecule has 0 saturated carbocycles. The highest BCUT2D eigenvalue weighted by Crippen LogP contribution is 2.32. The summed E-state index contributed by atoms with van der Waals surface area (Å²) in [7, 11) is 0. The number of hydrogen-bond acceptors (Lipinski definition) is 4. The molecule has 2 aromatic rings. The molecule has 2 aromatic carbocycles. The molecule has 0 radical (unpaired) electrons. The van der Waals surface area contributed by atoms with Crippen LogP contribution in [0.5, 0.6) is 0 Å². The lowest BCUT2D eigenvalue weighted by atomic mass is 10.1. The average molecular weight is 366 g/mol. The van der Waals surface area contributed by atoms with Gasteiger partial charge in [-0.15, -0.1) is 0 Å². The molecule has 3 amide bonds. The van der Waals surface area contributed by atoms with Crippen LogP contribution in [0.1, 0.15) is 16.7 Å². The summed E-state index contributed by atoms with van der Waals surface area (Å²) in [5, 5.41) is 2.30. The summed E-state index contributed by atoms with van der Waals surface area (Å²) < 4.78 is 0. The van der Waals surface area contributed by atoms with Crippen molar-refractivity contribution in [3.05, 3.63) is 70.1 Å². The van der Waals surface area contributed by atoms with E-state index in [9.17, 15) is 14.4 Å². The number of benzene rings is 2. The predicted octanol–water partition coefficient (Wildman–Crippen LogP) is 3.98. The molecule has 0 aromatic heterocycles. The number of hydrogen-bond donors (Lipinski definition) is 1. The Hall–Kier alpha value is -2.86. The van der Waals surface area contributed by atoms with Gasteiger partial charge in [-0.25, -0.2) is 0 Å². The standard InChI is InChI=1S/C20H18N2O3S/c1-13-7-9-15(10-8-13)11-17-19(24)22(20(25)26-17)12-18(23)21-16-6-4-3-5-14(16)2/h3-11H,12H2,1-2H3,(H,21,23)/b17-11+. The van der Waals surface area contributed by atoms with Crippen LogP contribution in [0.25, 0.3) is 6.08 Å². The van der Waals surface area contributed by atoms with Crippen molar-refractivity contribution in [2.75, 3.05) is 11.9 Å². The fraction of sp³-hybridized carbons (Fsp3) is 0.150. The molecular formula is C20H18N2O3S. The zero-order valence-corrected chi connectivity index (χ0v) is 15.3. The SMILES string of the molecule is Cc1ccc(/C=C2/SC(=O)N(CC(=O)Nc3ccccc3C)C2=O)cc1. The number of imide groups is 1. The van der Waals surface area contributed by atoms with E-state index in [2.05, 4.69) is 5.32 Å². The van der Waals surface area contributed by atoms with Crippen molar-refractivity contribution in [3.63, 3.8) is 0 Å². The van der Waals surface area contributed by atoms with Gasteiger partial charge in [0.25, 0.3) is 11.1 Å². The summed E-state index contributed by atoms with van der Waals surface area (Å²) >= 11 is 0.851. The Bertz CT molecular complexity index is 904. The summed E-state index contributed by atoms with van der Waals surface area (Å²) in [6.07, 6.45) is 1.67. The Morgan fingerprint density at radius 2 is 1.77 bits per heavy atom. The lowest BCUT2D eigenvalue weighted by molar-refractivity contribution is -0.127. The smallest absolute Gasteiger partial charge is 0.294 e. The number of carbonyl (C=O) groups excluding carboxylic acids is 3. The van der Waals surface area contributed by atoms with Gasteiger partial charge in [0.2, 0.25) is 5.91 Å². The van der Waals surface area contributed by atoms with E-state index in [1.54, 1.807) is 12.1 Å². The molecule has 1 aliphatic rings. The first-order valence-corrected chi connectivity index (χ1v) is 8.93. The Labute approximate surface area is 156 Å². The van der Waals surface area contributed by atoms with Crippen LogP contribution < -0.4 is 5.32 Å². The lowest BCUT2D eigenvalue weighted by Crippen LogP contribution is -2.36. The second-order valence-corrected chi connectivity index (χ2v) is 7.03. The highest BCUT2D eigenvalue weighted by atomic mass is 32.2. The molecule has 0 atom stereocenters. The van der Waals surface area contributed by atoms with Crippen molar-refractivity contribution >= 4 is 40.6 Å². The molecule has 1 fully saturated rings. The number of nitrogens with zero attached hydrogens (tertiary/aromatic N) is 1. The van der Waals surface area contributed by atoms with Crippen LogP contribution in [0.3, 0.4) is 0 Å². The van der Waals surface area contributed by atoms with Gasteiger partial charge >= 0.3 is 0 Å². The summed E-state index contributed by atoms with van der Waals surface area (Å²) in [5.74, 6) is -0.848. The zero-order valence-electron chi connectivity index (χ0n) is 14.5. The third-order valence-corrected chi connectivity index (χ3v) is 4.88. The number of thioether (sulfide) groups is 1. The third-order valence-electron chi connectivity index (χ3n) is 3.97. The second-order valence-electron chi connectivity index (χ2n) is 6.04. The molecular weight excluding hydrogens is 348 g/mol. The minimum Gasteiger partial charge on any atom is -0.324 e. The van der Waals surface area contributed by atoms with E-state index in [0.717, 1.165) is 33.4 Å². The van der Waals surface area contributed by atoms with Gasteiger partial charge in [-0.2, -0.15) is 0 Å². The van der Waals surface area contributed by atoms with Crippen LogP contribution in [-0.4, -0.2) is 28.5 Å². The first-order chi connectivity index (χ1) is 12.4. The molecule has 0 unspecified atom stereocenters. The van der Waals surface area contributed by atoms with Gasteiger partial charge in [0.15, 0.2) is 0 Å². The van der Waals surface area contributed by atoms with Crippen molar-refractivity contribution in [2.45, 2.75) is 13.8 Å². The Morgan fingerprint density at radius 3 is 2.46 bits per heavy atom. The van der Waals surface area contributed by atoms with Crippen molar-refractivity contribution in [1.82, 2.24) is 4.90 Å². The third kappa shape index (κ3) is 4.03. The fourth-order valence-electron chi connectivity index (χ4n) is 2.50. The molecule has 26 heavy (non-hydrogen) atoms. The molecule has 1 N–H and O–H groups in total. The number of carbonyl (C=O) groups is 3. The lowest BCUT2D eigenvalue weighted by Gasteiger charge is -2.13. The van der Waals surface area contributed by atoms with Gasteiger partial charge in [-0.3, -0.25) is 19.3 Å². The van der Waals surface area contributed by atoms with Gasteiger partial charge in [0.1, 0.15) is 6.54 Å². The minimum atomic E-state index is -0.444. The Kier molecular flexibility index (Phi) is 5.23. The van der Waals surface area contributed by atoms with E-state index in [-0.39, 0.29) is 6.54 Å². The van der Waals surface area contributed by atoms with Gasteiger partial charge < -0.3 is 5.32 Å². The fourth-order valence-corrected chi connectivity index (χ4v) is 3.34. The molecule has 1 heterocycles. The second kappa shape index (κ2) is 7.58. The van der Waals surface area contributed by atoms with Gasteiger partial charge in [-0.05, 0) is 48.9 Å². The van der Waals surface area contributed by atoms with E-state index in [4.69, 9.17) is 0 Å². The molecule has 0 aliphatic carbocycles.